The Kier molecular flexibility index (Phi) is 4.29. The molecule has 0 aliphatic rings. The Balaban J connectivity index is 2.64. The minimum absolute atomic E-state index is 0.0480. The minimum Gasteiger partial charge on any atom is -0.393 e. The van der Waals surface area contributed by atoms with Gasteiger partial charge in [0.05, 0.1) is 11.1 Å². The number of hydrogen-bond acceptors (Lipinski definition) is 3. The number of nitrogens with zero attached hydrogens (tertiary/aromatic N) is 1. The van der Waals surface area contributed by atoms with Crippen molar-refractivity contribution in [2.24, 2.45) is 0 Å². The Labute approximate surface area is 93.3 Å². The first kappa shape index (κ1) is 12.2. The highest BCUT2D eigenvalue weighted by molar-refractivity contribution is 6.30. The molecule has 0 aliphatic heterocycles. The van der Waals surface area contributed by atoms with E-state index >= 15 is 0 Å². The van der Waals surface area contributed by atoms with Crippen LogP contribution in [0.4, 0.5) is 10.2 Å². The third kappa shape index (κ3) is 4.01. The van der Waals surface area contributed by atoms with Crippen molar-refractivity contribution in [2.75, 3.05) is 5.32 Å². The molecule has 1 heterocycles. The highest BCUT2D eigenvalue weighted by Crippen LogP contribution is 2.16. The highest BCUT2D eigenvalue weighted by Gasteiger charge is 2.10. The quantitative estimate of drug-likeness (QED) is 0.838. The van der Waals surface area contributed by atoms with Gasteiger partial charge >= 0.3 is 0 Å². The predicted molar refractivity (Wildman–Crippen MR) is 58.6 cm³/mol. The van der Waals surface area contributed by atoms with Crippen LogP contribution in [0.25, 0.3) is 0 Å². The molecule has 0 radical (unpaired) electrons. The van der Waals surface area contributed by atoms with Crippen LogP contribution in [0, 0.1) is 5.82 Å². The van der Waals surface area contributed by atoms with Crippen LogP contribution in [0.3, 0.4) is 0 Å². The normalized spacial score (nSPS) is 14.7. The molecule has 0 spiro atoms. The van der Waals surface area contributed by atoms with Crippen molar-refractivity contribution in [3.8, 4) is 0 Å². The first-order chi connectivity index (χ1) is 6.99. The second-order valence-electron chi connectivity index (χ2n) is 3.61. The largest absolute Gasteiger partial charge is 0.393 e. The van der Waals surface area contributed by atoms with E-state index in [9.17, 15) is 4.39 Å². The summed E-state index contributed by atoms with van der Waals surface area (Å²) in [4.78, 5) is 3.83. The van der Waals surface area contributed by atoms with Gasteiger partial charge in [-0.1, -0.05) is 11.6 Å². The first-order valence-electron chi connectivity index (χ1n) is 4.74. The summed E-state index contributed by atoms with van der Waals surface area (Å²) < 4.78 is 13.3. The number of nitrogens with one attached hydrogen (secondary N) is 1. The van der Waals surface area contributed by atoms with Gasteiger partial charge in [0, 0.05) is 12.2 Å². The summed E-state index contributed by atoms with van der Waals surface area (Å²) in [6, 6.07) is 1.15. The maximum Gasteiger partial charge on any atom is 0.166 e. The number of halogens is 2. The molecule has 84 valence electrons. The summed E-state index contributed by atoms with van der Waals surface area (Å²) in [6.07, 6.45) is 1.48. The van der Waals surface area contributed by atoms with E-state index in [4.69, 9.17) is 16.7 Å². The summed E-state index contributed by atoms with van der Waals surface area (Å²) in [7, 11) is 0. The standard InChI is InChI=1S/C10H14ClFN2O/c1-6(3-7(2)15)14-10-9(12)4-8(11)5-13-10/h4-7,15H,3H2,1-2H3,(H,13,14). The van der Waals surface area contributed by atoms with Crippen molar-refractivity contribution in [1.29, 1.82) is 0 Å². The molecular formula is C10H14ClFN2O. The van der Waals surface area contributed by atoms with Gasteiger partial charge in [0.25, 0.3) is 0 Å². The van der Waals surface area contributed by atoms with Gasteiger partial charge in [-0.25, -0.2) is 9.37 Å². The topological polar surface area (TPSA) is 45.1 Å². The maximum atomic E-state index is 13.3. The molecule has 2 unspecified atom stereocenters. The predicted octanol–water partition coefficient (Wildman–Crippen LogP) is 2.45. The molecule has 1 aromatic rings. The van der Waals surface area contributed by atoms with Crippen LogP contribution in [-0.2, 0) is 0 Å². The van der Waals surface area contributed by atoms with Crippen LogP contribution in [-0.4, -0.2) is 22.2 Å². The van der Waals surface area contributed by atoms with Gasteiger partial charge in [0.15, 0.2) is 11.6 Å². The number of hydrogen-bond donors (Lipinski definition) is 2. The molecular weight excluding hydrogens is 219 g/mol. The number of aliphatic hydroxyl groups is 1. The lowest BCUT2D eigenvalue weighted by Gasteiger charge is -2.16. The molecule has 0 aromatic carbocycles. The first-order valence-corrected chi connectivity index (χ1v) is 5.12. The lowest BCUT2D eigenvalue weighted by atomic mass is 10.1. The van der Waals surface area contributed by atoms with E-state index in [2.05, 4.69) is 10.3 Å². The van der Waals surface area contributed by atoms with Crippen molar-refractivity contribution in [2.45, 2.75) is 32.4 Å². The van der Waals surface area contributed by atoms with Crippen molar-refractivity contribution in [3.05, 3.63) is 23.1 Å². The molecule has 2 N–H and O–H groups in total. The number of aromatic nitrogens is 1. The third-order valence-electron chi connectivity index (χ3n) is 1.89. The van der Waals surface area contributed by atoms with E-state index in [1.54, 1.807) is 6.92 Å². The molecule has 0 aliphatic carbocycles. The lowest BCUT2D eigenvalue weighted by molar-refractivity contribution is 0.179. The van der Waals surface area contributed by atoms with Crippen LogP contribution in [0.15, 0.2) is 12.3 Å². The Hall–Kier alpha value is -0.870. The Morgan fingerprint density at radius 2 is 2.27 bits per heavy atom. The van der Waals surface area contributed by atoms with Crippen LogP contribution in [0.1, 0.15) is 20.3 Å². The van der Waals surface area contributed by atoms with E-state index in [0.717, 1.165) is 0 Å². The van der Waals surface area contributed by atoms with E-state index in [0.29, 0.717) is 6.42 Å². The SMILES string of the molecule is CC(O)CC(C)Nc1ncc(Cl)cc1F. The second kappa shape index (κ2) is 5.28. The molecule has 15 heavy (non-hydrogen) atoms. The fourth-order valence-corrected chi connectivity index (χ4v) is 1.47. The molecule has 0 amide bonds. The zero-order valence-electron chi connectivity index (χ0n) is 8.67. The molecule has 0 saturated heterocycles. The molecule has 3 nitrogen and oxygen atoms in total. The van der Waals surface area contributed by atoms with E-state index in [1.807, 2.05) is 6.92 Å². The Bertz CT molecular complexity index is 333. The number of anilines is 1. The van der Waals surface area contributed by atoms with Gasteiger partial charge in [0.1, 0.15) is 0 Å². The van der Waals surface area contributed by atoms with E-state index in [-0.39, 0.29) is 16.9 Å². The van der Waals surface area contributed by atoms with Crippen LogP contribution in [0.2, 0.25) is 5.02 Å². The average molecular weight is 233 g/mol. The number of pyridine rings is 1. The zero-order chi connectivity index (χ0) is 11.4. The maximum absolute atomic E-state index is 13.3. The lowest BCUT2D eigenvalue weighted by Crippen LogP contribution is -2.21. The van der Waals surface area contributed by atoms with Gasteiger partial charge in [-0.15, -0.1) is 0 Å². The summed E-state index contributed by atoms with van der Waals surface area (Å²) in [6.45, 7) is 3.53. The van der Waals surface area contributed by atoms with Crippen LogP contribution >= 0.6 is 11.6 Å². The summed E-state index contributed by atoms with van der Waals surface area (Å²) in [5.74, 6) is -0.326. The second-order valence-corrected chi connectivity index (χ2v) is 4.05. The van der Waals surface area contributed by atoms with Crippen LogP contribution < -0.4 is 5.32 Å². The third-order valence-corrected chi connectivity index (χ3v) is 2.09. The van der Waals surface area contributed by atoms with Gasteiger partial charge in [0.2, 0.25) is 0 Å². The van der Waals surface area contributed by atoms with Crippen LogP contribution in [0.5, 0.6) is 0 Å². The molecule has 0 saturated carbocycles. The van der Waals surface area contributed by atoms with Crippen molar-refractivity contribution >= 4 is 17.4 Å². The molecule has 0 bridgehead atoms. The van der Waals surface area contributed by atoms with Gasteiger partial charge in [-0.3, -0.25) is 0 Å². The fourth-order valence-electron chi connectivity index (χ4n) is 1.32. The molecule has 1 rings (SSSR count). The van der Waals surface area contributed by atoms with Gasteiger partial charge in [-0.2, -0.15) is 0 Å². The van der Waals surface area contributed by atoms with Crippen molar-refractivity contribution < 1.29 is 9.50 Å². The highest BCUT2D eigenvalue weighted by atomic mass is 35.5. The zero-order valence-corrected chi connectivity index (χ0v) is 9.42. The van der Waals surface area contributed by atoms with Gasteiger partial charge in [-0.05, 0) is 26.3 Å². The van der Waals surface area contributed by atoms with Crippen molar-refractivity contribution in [1.82, 2.24) is 4.98 Å². The monoisotopic (exact) mass is 232 g/mol. The molecule has 0 fully saturated rings. The molecule has 1 aromatic heterocycles. The fraction of sp³-hybridized carbons (Fsp3) is 0.500. The molecule has 5 heteroatoms. The van der Waals surface area contributed by atoms with E-state index in [1.165, 1.54) is 12.3 Å². The Morgan fingerprint density at radius 1 is 1.60 bits per heavy atom. The van der Waals surface area contributed by atoms with E-state index < -0.39 is 11.9 Å². The number of rotatable bonds is 4. The summed E-state index contributed by atoms with van der Waals surface area (Å²) in [5.41, 5.74) is 0. The van der Waals surface area contributed by atoms with Crippen molar-refractivity contribution in [3.63, 3.8) is 0 Å². The summed E-state index contributed by atoms with van der Waals surface area (Å²) in [5, 5.41) is 12.3. The molecule has 2 atom stereocenters. The number of aliphatic hydroxyl groups excluding tert-OH is 1. The summed E-state index contributed by atoms with van der Waals surface area (Å²) >= 11 is 5.57. The van der Waals surface area contributed by atoms with Gasteiger partial charge < -0.3 is 10.4 Å². The average Bonchev–Trinajstić information content (AvgIpc) is 2.08. The Morgan fingerprint density at radius 3 is 2.80 bits per heavy atom. The minimum atomic E-state index is -0.486. The smallest absolute Gasteiger partial charge is 0.166 e.